The van der Waals surface area contributed by atoms with Crippen LogP contribution in [-0.4, -0.2) is 9.55 Å². The molecule has 0 N–H and O–H groups in total. The lowest BCUT2D eigenvalue weighted by Gasteiger charge is -2.04. The zero-order chi connectivity index (χ0) is 14.5. The largest absolute Gasteiger partial charge is 0.439 e. The van der Waals surface area contributed by atoms with Gasteiger partial charge in [-0.2, -0.15) is 0 Å². The second kappa shape index (κ2) is 4.21. The van der Waals surface area contributed by atoms with E-state index in [4.69, 9.17) is 4.42 Å². The monoisotopic (exact) mass is 284 g/mol. The van der Waals surface area contributed by atoms with Crippen molar-refractivity contribution in [3.8, 4) is 5.69 Å². The maximum atomic E-state index is 6.15. The molecule has 3 heteroatoms. The molecule has 5 rings (SSSR count). The van der Waals surface area contributed by atoms with Crippen molar-refractivity contribution in [2.45, 2.75) is 0 Å². The highest BCUT2D eigenvalue weighted by Crippen LogP contribution is 2.37. The molecule has 0 spiro atoms. The Hall–Kier alpha value is -3.07. The molecule has 104 valence electrons. The van der Waals surface area contributed by atoms with Crippen LogP contribution in [0.15, 0.2) is 77.3 Å². The van der Waals surface area contributed by atoms with E-state index in [0.29, 0.717) is 0 Å². The molecule has 3 heterocycles. The first-order valence-corrected chi connectivity index (χ1v) is 7.25. The average molecular weight is 284 g/mol. The molecule has 0 saturated heterocycles. The van der Waals surface area contributed by atoms with E-state index in [1.807, 2.05) is 48.7 Å². The molecule has 0 unspecified atom stereocenters. The third kappa shape index (κ3) is 1.42. The summed E-state index contributed by atoms with van der Waals surface area (Å²) in [4.78, 5) is 4.58. The van der Waals surface area contributed by atoms with Crippen LogP contribution in [0.1, 0.15) is 0 Å². The van der Waals surface area contributed by atoms with E-state index in [9.17, 15) is 0 Å². The van der Waals surface area contributed by atoms with E-state index in [1.54, 1.807) is 0 Å². The Balaban J connectivity index is 2.07. The van der Waals surface area contributed by atoms with Crippen LogP contribution in [0.2, 0.25) is 0 Å². The third-order valence-electron chi connectivity index (χ3n) is 4.06. The van der Waals surface area contributed by atoms with Crippen LogP contribution in [0.4, 0.5) is 0 Å². The zero-order valence-electron chi connectivity index (χ0n) is 11.7. The molecular weight excluding hydrogens is 272 g/mol. The molecule has 0 fully saturated rings. The van der Waals surface area contributed by atoms with Crippen LogP contribution < -0.4 is 0 Å². The Morgan fingerprint density at radius 3 is 2.45 bits per heavy atom. The van der Waals surface area contributed by atoms with Crippen LogP contribution in [0.25, 0.3) is 38.8 Å². The van der Waals surface area contributed by atoms with Gasteiger partial charge >= 0.3 is 0 Å². The van der Waals surface area contributed by atoms with Gasteiger partial charge in [-0.05, 0) is 30.3 Å². The minimum atomic E-state index is 0.848. The first-order valence-electron chi connectivity index (χ1n) is 7.25. The number of nitrogens with zero attached hydrogens (tertiary/aromatic N) is 2. The summed E-state index contributed by atoms with van der Waals surface area (Å²) < 4.78 is 8.23. The summed E-state index contributed by atoms with van der Waals surface area (Å²) in [5, 5.41) is 3.37. The van der Waals surface area contributed by atoms with Crippen LogP contribution in [-0.2, 0) is 0 Å². The topological polar surface area (TPSA) is 31.0 Å². The molecule has 0 aliphatic carbocycles. The number of fused-ring (bicyclic) bond motifs is 5. The highest BCUT2D eigenvalue weighted by molar-refractivity contribution is 6.19. The van der Waals surface area contributed by atoms with E-state index in [2.05, 4.69) is 33.8 Å². The van der Waals surface area contributed by atoms with Crippen LogP contribution in [0.5, 0.6) is 0 Å². The van der Waals surface area contributed by atoms with Crippen molar-refractivity contribution in [1.82, 2.24) is 9.55 Å². The normalized spacial score (nSPS) is 11.6. The smallest absolute Gasteiger partial charge is 0.215 e. The molecule has 22 heavy (non-hydrogen) atoms. The molecule has 0 aliphatic heterocycles. The summed E-state index contributed by atoms with van der Waals surface area (Å²) >= 11 is 0. The summed E-state index contributed by atoms with van der Waals surface area (Å²) in [7, 11) is 0. The molecule has 0 aliphatic rings. The summed E-state index contributed by atoms with van der Waals surface area (Å²) in [5.74, 6) is 0. The van der Waals surface area contributed by atoms with Gasteiger partial charge in [0.1, 0.15) is 11.2 Å². The molecule has 0 radical (unpaired) electrons. The Morgan fingerprint density at radius 1 is 0.773 bits per heavy atom. The third-order valence-corrected chi connectivity index (χ3v) is 4.06. The van der Waals surface area contributed by atoms with Gasteiger partial charge in [-0.3, -0.25) is 4.57 Å². The number of furan rings is 1. The first-order chi connectivity index (χ1) is 10.9. The van der Waals surface area contributed by atoms with E-state index in [0.717, 1.165) is 38.8 Å². The van der Waals surface area contributed by atoms with Gasteiger partial charge in [0, 0.05) is 17.0 Å². The minimum Gasteiger partial charge on any atom is -0.439 e. The molecule has 0 amide bonds. The fourth-order valence-electron chi connectivity index (χ4n) is 3.13. The van der Waals surface area contributed by atoms with Gasteiger partial charge in [0.25, 0.3) is 0 Å². The van der Waals surface area contributed by atoms with Crippen molar-refractivity contribution in [2.75, 3.05) is 0 Å². The zero-order valence-corrected chi connectivity index (χ0v) is 11.7. The maximum Gasteiger partial charge on any atom is 0.215 e. The second-order valence-electron chi connectivity index (χ2n) is 5.32. The van der Waals surface area contributed by atoms with Gasteiger partial charge in [-0.15, -0.1) is 0 Å². The average Bonchev–Trinajstić information content (AvgIpc) is 3.10. The second-order valence-corrected chi connectivity index (χ2v) is 5.32. The quantitative estimate of drug-likeness (QED) is 0.437. The number of pyridine rings is 1. The van der Waals surface area contributed by atoms with Crippen molar-refractivity contribution in [3.05, 3.63) is 72.9 Å². The van der Waals surface area contributed by atoms with Gasteiger partial charge in [-0.1, -0.05) is 36.4 Å². The number of aromatic nitrogens is 2. The summed E-state index contributed by atoms with van der Waals surface area (Å²) in [6.07, 6.45) is 1.82. The van der Waals surface area contributed by atoms with Gasteiger partial charge < -0.3 is 4.42 Å². The molecule has 0 atom stereocenters. The number of para-hydroxylation sites is 2. The molecular formula is C19H12N2O. The number of rotatable bonds is 1. The van der Waals surface area contributed by atoms with Crippen LogP contribution >= 0.6 is 0 Å². The molecule has 3 nitrogen and oxygen atoms in total. The van der Waals surface area contributed by atoms with Crippen molar-refractivity contribution < 1.29 is 4.42 Å². The highest BCUT2D eigenvalue weighted by atomic mass is 16.3. The predicted octanol–water partition coefficient (Wildman–Crippen LogP) is 4.92. The Morgan fingerprint density at radius 2 is 1.55 bits per heavy atom. The summed E-state index contributed by atoms with van der Waals surface area (Å²) in [6.45, 7) is 0. The van der Waals surface area contributed by atoms with E-state index >= 15 is 0 Å². The Kier molecular flexibility index (Phi) is 2.22. The van der Waals surface area contributed by atoms with Gasteiger partial charge in [0.05, 0.1) is 11.1 Å². The van der Waals surface area contributed by atoms with Crippen molar-refractivity contribution in [3.63, 3.8) is 0 Å². The fourth-order valence-corrected chi connectivity index (χ4v) is 3.13. The highest BCUT2D eigenvalue weighted by Gasteiger charge is 2.19. The van der Waals surface area contributed by atoms with E-state index in [1.165, 1.54) is 0 Å². The standard InChI is InChI=1S/C19H12N2O/c1-2-7-13(8-3-1)21-18-15(10-6-12-20-18)17-14-9-4-5-11-16(14)22-19(17)21/h1-12H. The lowest BCUT2D eigenvalue weighted by molar-refractivity contribution is 0.645. The molecule has 0 saturated carbocycles. The lowest BCUT2D eigenvalue weighted by atomic mass is 10.1. The Labute approximate surface area is 126 Å². The van der Waals surface area contributed by atoms with Gasteiger partial charge in [0.2, 0.25) is 5.71 Å². The van der Waals surface area contributed by atoms with E-state index in [-0.39, 0.29) is 0 Å². The lowest BCUT2D eigenvalue weighted by Crippen LogP contribution is -1.93. The number of hydrogen-bond acceptors (Lipinski definition) is 2. The molecule has 0 bridgehead atoms. The molecule has 3 aromatic heterocycles. The van der Waals surface area contributed by atoms with Gasteiger partial charge in [0.15, 0.2) is 0 Å². The summed E-state index contributed by atoms with van der Waals surface area (Å²) in [6, 6.07) is 22.4. The number of benzene rings is 2. The minimum absolute atomic E-state index is 0.848. The first kappa shape index (κ1) is 11.6. The van der Waals surface area contributed by atoms with E-state index < -0.39 is 0 Å². The molecule has 2 aromatic carbocycles. The molecule has 5 aromatic rings. The van der Waals surface area contributed by atoms with Crippen LogP contribution in [0, 0.1) is 0 Å². The van der Waals surface area contributed by atoms with Crippen LogP contribution in [0.3, 0.4) is 0 Å². The fraction of sp³-hybridized carbons (Fsp3) is 0. The maximum absolute atomic E-state index is 6.15. The predicted molar refractivity (Wildman–Crippen MR) is 88.3 cm³/mol. The van der Waals surface area contributed by atoms with Gasteiger partial charge in [-0.25, -0.2) is 4.98 Å². The van der Waals surface area contributed by atoms with Crippen molar-refractivity contribution in [1.29, 1.82) is 0 Å². The number of hydrogen-bond donors (Lipinski definition) is 0. The summed E-state index contributed by atoms with van der Waals surface area (Å²) in [5.41, 5.74) is 3.73. The SMILES string of the molecule is c1ccc(-n2c3ncccc3c3c4ccccc4oc32)cc1. The Bertz CT molecular complexity index is 1120. The van der Waals surface area contributed by atoms with Crippen molar-refractivity contribution in [2.24, 2.45) is 0 Å². The van der Waals surface area contributed by atoms with Crippen molar-refractivity contribution >= 4 is 33.1 Å².